The van der Waals surface area contributed by atoms with Gasteiger partial charge in [0.2, 0.25) is 15.6 Å². The summed E-state index contributed by atoms with van der Waals surface area (Å²) in [6, 6.07) is 19.9. The van der Waals surface area contributed by atoms with Crippen LogP contribution in [-0.2, 0) is 9.84 Å². The summed E-state index contributed by atoms with van der Waals surface area (Å²) in [5.74, 6) is -0.0119. The summed E-state index contributed by atoms with van der Waals surface area (Å²) in [5, 5.41) is 0.504. The van der Waals surface area contributed by atoms with Crippen LogP contribution in [0.5, 0.6) is 5.75 Å². The van der Waals surface area contributed by atoms with Gasteiger partial charge in [0, 0.05) is 22.5 Å². The molecule has 29 heavy (non-hydrogen) atoms. The first-order valence-corrected chi connectivity index (χ1v) is 10.6. The molecule has 0 bridgehead atoms. The second kappa shape index (κ2) is 7.39. The molecule has 146 valence electrons. The Hall–Kier alpha value is -3.09. The van der Waals surface area contributed by atoms with Crippen LogP contribution in [0.25, 0.3) is 0 Å². The molecule has 5 nitrogen and oxygen atoms in total. The van der Waals surface area contributed by atoms with Gasteiger partial charge in [0.15, 0.2) is 0 Å². The Kier molecular flexibility index (Phi) is 4.90. The number of allylic oxidation sites excluding steroid dienone is 1. The van der Waals surface area contributed by atoms with Crippen molar-refractivity contribution in [3.05, 3.63) is 94.5 Å². The maximum absolute atomic E-state index is 13.2. The van der Waals surface area contributed by atoms with Crippen LogP contribution in [0, 0.1) is 0 Å². The Labute approximate surface area is 173 Å². The zero-order valence-electron chi connectivity index (χ0n) is 15.4. The minimum absolute atomic E-state index is 0.0688. The van der Waals surface area contributed by atoms with E-state index in [4.69, 9.17) is 16.3 Å². The third-order valence-corrected chi connectivity index (χ3v) is 6.64. The number of carbonyl (C=O) groups is 1. The van der Waals surface area contributed by atoms with Gasteiger partial charge in [-0.2, -0.15) is 0 Å². The van der Waals surface area contributed by atoms with Crippen molar-refractivity contribution < 1.29 is 17.9 Å². The molecule has 1 aliphatic heterocycles. The Morgan fingerprint density at radius 3 is 2.38 bits per heavy atom. The fourth-order valence-corrected chi connectivity index (χ4v) is 4.89. The van der Waals surface area contributed by atoms with Crippen molar-refractivity contribution in [2.45, 2.75) is 4.90 Å². The van der Waals surface area contributed by atoms with E-state index in [0.717, 1.165) is 0 Å². The number of hydrogen-bond acceptors (Lipinski definition) is 5. The lowest BCUT2D eigenvalue weighted by molar-refractivity contribution is 0.104. The normalized spacial score (nSPS) is 14.7. The first kappa shape index (κ1) is 19.2. The van der Waals surface area contributed by atoms with E-state index < -0.39 is 15.6 Å². The van der Waals surface area contributed by atoms with Crippen LogP contribution in [0.1, 0.15) is 10.4 Å². The monoisotopic (exact) mass is 425 g/mol. The molecule has 0 saturated heterocycles. The van der Waals surface area contributed by atoms with Crippen molar-refractivity contribution in [3.8, 4) is 5.75 Å². The van der Waals surface area contributed by atoms with Crippen LogP contribution in [0.2, 0.25) is 5.02 Å². The van der Waals surface area contributed by atoms with E-state index in [9.17, 15) is 13.2 Å². The van der Waals surface area contributed by atoms with Crippen molar-refractivity contribution >= 4 is 38.6 Å². The van der Waals surface area contributed by atoms with Gasteiger partial charge in [-0.25, -0.2) is 8.42 Å². The molecule has 3 aromatic carbocycles. The lowest BCUT2D eigenvalue weighted by atomic mass is 10.1. The molecule has 0 aliphatic carbocycles. The summed E-state index contributed by atoms with van der Waals surface area (Å²) in [7, 11) is -2.47. The summed E-state index contributed by atoms with van der Waals surface area (Å²) >= 11 is 6.13. The Bertz CT molecular complexity index is 1230. The number of Topliss-reactive ketones (excluding diaryl/α,β-unsaturated/α-hetero) is 1. The minimum atomic E-state index is -3.99. The van der Waals surface area contributed by atoms with E-state index >= 15 is 0 Å². The number of ketones is 1. The van der Waals surface area contributed by atoms with Crippen molar-refractivity contribution in [3.63, 3.8) is 0 Å². The molecule has 3 aromatic rings. The smallest absolute Gasteiger partial charge is 0.214 e. The molecular formula is C22H16ClNO4S. The third kappa shape index (κ3) is 3.41. The highest BCUT2D eigenvalue weighted by Gasteiger charge is 2.36. The van der Waals surface area contributed by atoms with Crippen LogP contribution in [0.4, 0.5) is 11.4 Å². The molecule has 4 rings (SSSR count). The molecule has 0 unspecified atom stereocenters. The van der Waals surface area contributed by atoms with Crippen LogP contribution in [0.15, 0.2) is 88.8 Å². The van der Waals surface area contributed by atoms with Gasteiger partial charge in [0.05, 0.1) is 17.7 Å². The Morgan fingerprint density at radius 1 is 0.966 bits per heavy atom. The molecule has 0 fully saturated rings. The molecule has 0 N–H and O–H groups in total. The second-order valence-electron chi connectivity index (χ2n) is 6.37. The summed E-state index contributed by atoms with van der Waals surface area (Å²) in [5.41, 5.74) is 1.37. The SMILES string of the molecule is COc1ccc(C(=O)C2=CN(c3cccc(Cl)c3)c3ccccc3S2(=O)=O)cc1. The average molecular weight is 426 g/mol. The van der Waals surface area contributed by atoms with Crippen molar-refractivity contribution in [1.29, 1.82) is 0 Å². The standard InChI is InChI=1S/C22H16ClNO4S/c1-28-18-11-9-15(10-12-18)22(25)21-14-24(17-6-4-5-16(23)13-17)19-7-2-3-8-20(19)29(21,26)27/h2-14H,1H3. The average Bonchev–Trinajstić information content (AvgIpc) is 2.73. The summed E-state index contributed by atoms with van der Waals surface area (Å²) in [4.78, 5) is 14.6. The number of halogens is 1. The van der Waals surface area contributed by atoms with Crippen molar-refractivity contribution in [1.82, 2.24) is 0 Å². The number of nitrogens with zero attached hydrogens (tertiary/aromatic N) is 1. The number of carbonyl (C=O) groups excluding carboxylic acids is 1. The van der Waals surface area contributed by atoms with Crippen LogP contribution in [0.3, 0.4) is 0 Å². The number of fused-ring (bicyclic) bond motifs is 1. The number of ether oxygens (including phenoxy) is 1. The van der Waals surface area contributed by atoms with Gasteiger partial charge in [-0.1, -0.05) is 29.8 Å². The first-order valence-electron chi connectivity index (χ1n) is 8.71. The molecule has 0 amide bonds. The highest BCUT2D eigenvalue weighted by atomic mass is 35.5. The van der Waals surface area contributed by atoms with E-state index in [0.29, 0.717) is 22.1 Å². The maximum atomic E-state index is 13.2. The highest BCUT2D eigenvalue weighted by Crippen LogP contribution is 2.40. The fraction of sp³-hybridized carbons (Fsp3) is 0.0455. The van der Waals surface area contributed by atoms with E-state index in [-0.39, 0.29) is 15.4 Å². The van der Waals surface area contributed by atoms with Crippen LogP contribution < -0.4 is 9.64 Å². The maximum Gasteiger partial charge on any atom is 0.214 e. The predicted molar refractivity (Wildman–Crippen MR) is 113 cm³/mol. The summed E-state index contributed by atoms with van der Waals surface area (Å²) in [6.07, 6.45) is 1.36. The number of methoxy groups -OCH3 is 1. The van der Waals surface area contributed by atoms with Gasteiger partial charge < -0.3 is 9.64 Å². The van der Waals surface area contributed by atoms with Crippen LogP contribution in [-0.4, -0.2) is 21.3 Å². The van der Waals surface area contributed by atoms with Crippen molar-refractivity contribution in [2.75, 3.05) is 12.0 Å². The van der Waals surface area contributed by atoms with Gasteiger partial charge in [-0.05, 0) is 54.6 Å². The number of hydrogen-bond donors (Lipinski definition) is 0. The zero-order chi connectivity index (χ0) is 20.6. The Morgan fingerprint density at radius 2 is 1.69 bits per heavy atom. The molecule has 0 saturated carbocycles. The largest absolute Gasteiger partial charge is 0.497 e. The Balaban J connectivity index is 1.89. The molecule has 1 aliphatic rings. The zero-order valence-corrected chi connectivity index (χ0v) is 16.9. The molecule has 0 atom stereocenters. The molecule has 0 aromatic heterocycles. The van der Waals surface area contributed by atoms with Gasteiger partial charge in [-0.15, -0.1) is 0 Å². The summed E-state index contributed by atoms with van der Waals surface area (Å²) in [6.45, 7) is 0. The number of sulfone groups is 1. The number of para-hydroxylation sites is 1. The summed E-state index contributed by atoms with van der Waals surface area (Å²) < 4.78 is 31.5. The quantitative estimate of drug-likeness (QED) is 0.550. The van der Waals surface area contributed by atoms with Gasteiger partial charge >= 0.3 is 0 Å². The molecule has 1 heterocycles. The number of benzene rings is 3. The minimum Gasteiger partial charge on any atom is -0.497 e. The third-order valence-electron chi connectivity index (χ3n) is 4.61. The molecule has 7 heteroatoms. The highest BCUT2D eigenvalue weighted by molar-refractivity contribution is 7.96. The molecular weight excluding hydrogens is 410 g/mol. The van der Waals surface area contributed by atoms with Crippen molar-refractivity contribution in [2.24, 2.45) is 0 Å². The van der Waals surface area contributed by atoms with Gasteiger partial charge in [-0.3, -0.25) is 4.79 Å². The van der Waals surface area contributed by atoms with E-state index in [1.165, 1.54) is 19.4 Å². The number of rotatable bonds is 4. The van der Waals surface area contributed by atoms with Gasteiger partial charge in [0.1, 0.15) is 10.7 Å². The second-order valence-corrected chi connectivity index (χ2v) is 8.69. The lowest BCUT2D eigenvalue weighted by Gasteiger charge is -2.29. The van der Waals surface area contributed by atoms with Crippen LogP contribution >= 0.6 is 11.6 Å². The van der Waals surface area contributed by atoms with E-state index in [1.54, 1.807) is 71.6 Å². The fourth-order valence-electron chi connectivity index (χ4n) is 3.16. The van der Waals surface area contributed by atoms with E-state index in [2.05, 4.69) is 0 Å². The molecule has 0 radical (unpaired) electrons. The lowest BCUT2D eigenvalue weighted by Crippen LogP contribution is -2.25. The molecule has 0 spiro atoms. The number of anilines is 2. The predicted octanol–water partition coefficient (Wildman–Crippen LogP) is 5.00. The van der Waals surface area contributed by atoms with E-state index in [1.807, 2.05) is 0 Å². The first-order chi connectivity index (χ1) is 13.9. The van der Waals surface area contributed by atoms with Gasteiger partial charge in [0.25, 0.3) is 0 Å². The topological polar surface area (TPSA) is 63.7 Å².